The van der Waals surface area contributed by atoms with Gasteiger partial charge < -0.3 is 9.52 Å². The third kappa shape index (κ3) is 1.48. The summed E-state index contributed by atoms with van der Waals surface area (Å²) in [5, 5.41) is 11.6. The predicted molar refractivity (Wildman–Crippen MR) is 76.1 cm³/mol. The highest BCUT2D eigenvalue weighted by molar-refractivity contribution is 6.06. The Bertz CT molecular complexity index is 988. The highest BCUT2D eigenvalue weighted by atomic mass is 16.3. The lowest BCUT2D eigenvalue weighted by Gasteiger charge is -2.09. The van der Waals surface area contributed by atoms with Gasteiger partial charge >= 0.3 is 0 Å². The Morgan fingerprint density at radius 3 is 2.65 bits per heavy atom. The van der Waals surface area contributed by atoms with Crippen LogP contribution in [0.25, 0.3) is 33.3 Å². The third-order valence-corrected chi connectivity index (χ3v) is 3.34. The van der Waals surface area contributed by atoms with Crippen LogP contribution in [0.15, 0.2) is 57.7 Å². The summed E-state index contributed by atoms with van der Waals surface area (Å²) in [5.74, 6) is 0.552. The van der Waals surface area contributed by atoms with Crippen LogP contribution in [0.3, 0.4) is 0 Å². The summed E-state index contributed by atoms with van der Waals surface area (Å²) in [7, 11) is 0. The number of phenols is 1. The van der Waals surface area contributed by atoms with Crippen molar-refractivity contribution in [1.82, 2.24) is 4.98 Å². The molecular weight excluding hydrogens is 254 g/mol. The molecule has 0 fully saturated rings. The van der Waals surface area contributed by atoms with Crippen LogP contribution in [0.5, 0.6) is 5.75 Å². The van der Waals surface area contributed by atoms with E-state index in [9.17, 15) is 9.90 Å². The van der Waals surface area contributed by atoms with Crippen LogP contribution in [0, 0.1) is 0 Å². The summed E-state index contributed by atoms with van der Waals surface area (Å²) in [6.07, 6.45) is 0. The lowest BCUT2D eigenvalue weighted by Crippen LogP contribution is -1.99. The Morgan fingerprint density at radius 2 is 1.80 bits per heavy atom. The Labute approximate surface area is 113 Å². The minimum absolute atomic E-state index is 0.132. The summed E-state index contributed by atoms with van der Waals surface area (Å²) in [5.41, 5.74) is 1.62. The molecule has 2 aromatic rings. The van der Waals surface area contributed by atoms with Gasteiger partial charge in [0.05, 0.1) is 0 Å². The van der Waals surface area contributed by atoms with Crippen LogP contribution < -0.4 is 5.43 Å². The maximum Gasteiger partial charge on any atom is 0.182 e. The molecule has 96 valence electrons. The van der Waals surface area contributed by atoms with Gasteiger partial charge in [-0.05, 0) is 12.1 Å². The van der Waals surface area contributed by atoms with Crippen LogP contribution in [0.4, 0.5) is 0 Å². The molecule has 1 aliphatic heterocycles. The highest BCUT2D eigenvalue weighted by Crippen LogP contribution is 2.34. The summed E-state index contributed by atoms with van der Waals surface area (Å²) in [6.45, 7) is 0. The second-order valence-corrected chi connectivity index (χ2v) is 4.63. The number of rotatable bonds is 0. The van der Waals surface area contributed by atoms with E-state index in [0.29, 0.717) is 22.6 Å². The molecule has 0 atom stereocenters. The molecule has 4 heteroatoms. The standard InChI is InChI=1S/C16H9NO3/c18-9-5-6-12-14(7-9)20-15-8-13(19)10-3-1-2-4-11(10)16(15)17-12/h1-8,19H. The van der Waals surface area contributed by atoms with Crippen LogP contribution >= 0.6 is 0 Å². The molecule has 0 saturated carbocycles. The first-order chi connectivity index (χ1) is 9.72. The number of fused-ring (bicyclic) bond motifs is 4. The first-order valence-corrected chi connectivity index (χ1v) is 6.18. The molecule has 1 aliphatic carbocycles. The SMILES string of the molecule is O=c1ccc2nc3c(cc(O)c4ccccc43)oc-2c1. The van der Waals surface area contributed by atoms with E-state index in [1.165, 1.54) is 18.2 Å². The van der Waals surface area contributed by atoms with Gasteiger partial charge in [-0.3, -0.25) is 4.79 Å². The molecule has 4 rings (SSSR count). The van der Waals surface area contributed by atoms with E-state index in [2.05, 4.69) is 4.98 Å². The van der Waals surface area contributed by atoms with Crippen LogP contribution in [0.2, 0.25) is 0 Å². The molecule has 1 N–H and O–H groups in total. The lowest BCUT2D eigenvalue weighted by atomic mass is 10.1. The van der Waals surface area contributed by atoms with Crippen molar-refractivity contribution in [2.45, 2.75) is 0 Å². The summed E-state index contributed by atoms with van der Waals surface area (Å²) < 4.78 is 5.69. The molecule has 0 spiro atoms. The number of phenolic OH excluding ortho intramolecular Hbond substituents is 1. The fraction of sp³-hybridized carbons (Fsp3) is 0. The lowest BCUT2D eigenvalue weighted by molar-refractivity contribution is 0.480. The Morgan fingerprint density at radius 1 is 1.00 bits per heavy atom. The molecule has 0 aromatic heterocycles. The van der Waals surface area contributed by atoms with Gasteiger partial charge in [0.25, 0.3) is 0 Å². The normalized spacial score (nSPS) is 11.4. The smallest absolute Gasteiger partial charge is 0.182 e. The second-order valence-electron chi connectivity index (χ2n) is 4.63. The molecule has 0 amide bonds. The Kier molecular flexibility index (Phi) is 2.09. The van der Waals surface area contributed by atoms with Gasteiger partial charge in [-0.25, -0.2) is 4.98 Å². The number of benzene rings is 3. The van der Waals surface area contributed by atoms with E-state index in [0.717, 1.165) is 10.8 Å². The van der Waals surface area contributed by atoms with Gasteiger partial charge in [-0.1, -0.05) is 24.3 Å². The molecule has 0 saturated heterocycles. The fourth-order valence-corrected chi connectivity index (χ4v) is 2.42. The van der Waals surface area contributed by atoms with Crippen LogP contribution in [0.1, 0.15) is 0 Å². The number of aromatic hydroxyl groups is 1. The zero-order chi connectivity index (χ0) is 13.7. The van der Waals surface area contributed by atoms with Gasteiger partial charge in [0.15, 0.2) is 16.8 Å². The monoisotopic (exact) mass is 263 g/mol. The van der Waals surface area contributed by atoms with E-state index >= 15 is 0 Å². The summed E-state index contributed by atoms with van der Waals surface area (Å²) in [6, 6.07) is 13.5. The Hall–Kier alpha value is -2.88. The highest BCUT2D eigenvalue weighted by Gasteiger charge is 2.13. The van der Waals surface area contributed by atoms with Gasteiger partial charge in [0, 0.05) is 22.9 Å². The van der Waals surface area contributed by atoms with Gasteiger partial charge in [0.2, 0.25) is 0 Å². The van der Waals surface area contributed by atoms with E-state index < -0.39 is 0 Å². The van der Waals surface area contributed by atoms with Crippen molar-refractivity contribution >= 4 is 21.9 Å². The van der Waals surface area contributed by atoms with E-state index in [1.807, 2.05) is 24.3 Å². The van der Waals surface area contributed by atoms with Gasteiger partial charge in [0.1, 0.15) is 17.0 Å². The molecule has 0 radical (unpaired) electrons. The van der Waals surface area contributed by atoms with Crippen LogP contribution in [-0.2, 0) is 0 Å². The quantitative estimate of drug-likeness (QED) is 0.391. The number of aromatic nitrogens is 1. The van der Waals surface area contributed by atoms with Crippen molar-refractivity contribution in [1.29, 1.82) is 0 Å². The number of nitrogens with zero attached hydrogens (tertiary/aromatic N) is 1. The molecule has 2 aliphatic rings. The predicted octanol–water partition coefficient (Wildman–Crippen LogP) is 3.15. The molecule has 20 heavy (non-hydrogen) atoms. The number of hydrogen-bond donors (Lipinski definition) is 1. The summed E-state index contributed by atoms with van der Waals surface area (Å²) in [4.78, 5) is 15.9. The van der Waals surface area contributed by atoms with Crippen molar-refractivity contribution in [2.75, 3.05) is 0 Å². The Balaban J connectivity index is 2.26. The fourth-order valence-electron chi connectivity index (χ4n) is 2.42. The molecule has 0 bridgehead atoms. The molecule has 0 unspecified atom stereocenters. The average molecular weight is 263 g/mol. The van der Waals surface area contributed by atoms with E-state index in [-0.39, 0.29) is 11.2 Å². The maximum atomic E-state index is 11.4. The van der Waals surface area contributed by atoms with Gasteiger partial charge in [-0.15, -0.1) is 0 Å². The molecular formula is C16H9NO3. The maximum absolute atomic E-state index is 11.4. The molecule has 4 nitrogen and oxygen atoms in total. The molecule has 1 heterocycles. The zero-order valence-corrected chi connectivity index (χ0v) is 10.3. The van der Waals surface area contributed by atoms with Crippen molar-refractivity contribution < 1.29 is 9.52 Å². The zero-order valence-electron chi connectivity index (χ0n) is 10.3. The van der Waals surface area contributed by atoms with Crippen molar-refractivity contribution in [3.05, 3.63) is 58.8 Å². The topological polar surface area (TPSA) is 63.3 Å². The van der Waals surface area contributed by atoms with Crippen molar-refractivity contribution in [3.8, 4) is 17.2 Å². The number of hydrogen-bond acceptors (Lipinski definition) is 4. The van der Waals surface area contributed by atoms with Gasteiger partial charge in [-0.2, -0.15) is 0 Å². The second kappa shape index (κ2) is 3.81. The minimum Gasteiger partial charge on any atom is -0.507 e. The van der Waals surface area contributed by atoms with E-state index in [1.54, 1.807) is 6.07 Å². The van der Waals surface area contributed by atoms with E-state index in [4.69, 9.17) is 4.42 Å². The summed E-state index contributed by atoms with van der Waals surface area (Å²) >= 11 is 0. The van der Waals surface area contributed by atoms with Crippen LogP contribution in [-0.4, -0.2) is 10.1 Å². The minimum atomic E-state index is -0.132. The first kappa shape index (κ1) is 11.0. The first-order valence-electron chi connectivity index (χ1n) is 6.18. The van der Waals surface area contributed by atoms with Crippen molar-refractivity contribution in [2.24, 2.45) is 0 Å². The largest absolute Gasteiger partial charge is 0.507 e. The average Bonchev–Trinajstić information content (AvgIpc) is 2.46. The third-order valence-electron chi connectivity index (χ3n) is 3.34. The van der Waals surface area contributed by atoms with Crippen molar-refractivity contribution in [3.63, 3.8) is 0 Å². The molecule has 2 aromatic carbocycles.